The van der Waals surface area contributed by atoms with E-state index < -0.39 is 5.82 Å². The molecule has 0 saturated carbocycles. The van der Waals surface area contributed by atoms with Crippen LogP contribution in [0.15, 0.2) is 0 Å². The van der Waals surface area contributed by atoms with Gasteiger partial charge in [0.1, 0.15) is 5.82 Å². The molecule has 0 bridgehead atoms. The van der Waals surface area contributed by atoms with Crippen LogP contribution in [0.1, 0.15) is 46.1 Å². The van der Waals surface area contributed by atoms with E-state index in [9.17, 15) is 4.39 Å². The first-order valence-corrected chi connectivity index (χ1v) is 5.78. The Bertz CT molecular complexity index is 291. The highest BCUT2D eigenvalue weighted by Gasteiger charge is 2.09. The molecule has 1 heterocycles. The molecule has 0 atom stereocenters. The smallest absolute Gasteiger partial charge is 0.254 e. The Morgan fingerprint density at radius 2 is 1.56 bits per heavy atom. The van der Waals surface area contributed by atoms with Crippen molar-refractivity contribution in [2.45, 2.75) is 48.5 Å². The first-order valence-electron chi connectivity index (χ1n) is 5.78. The van der Waals surface area contributed by atoms with Gasteiger partial charge in [-0.2, -0.15) is 9.37 Å². The number of hydrogen-bond acceptors (Lipinski definition) is 3. The van der Waals surface area contributed by atoms with E-state index in [0.717, 1.165) is 0 Å². The lowest BCUT2D eigenvalue weighted by Crippen LogP contribution is -2.03. The maximum atomic E-state index is 13.1. The second-order valence-electron chi connectivity index (χ2n) is 2.41. The zero-order valence-electron chi connectivity index (χ0n) is 11.4. The number of ether oxygens (including phenoxy) is 1. The summed E-state index contributed by atoms with van der Waals surface area (Å²) in [5.74, 6) is 0.0994. The van der Waals surface area contributed by atoms with Gasteiger partial charge in [0.05, 0.1) is 12.3 Å². The highest BCUT2D eigenvalue weighted by Crippen LogP contribution is 2.15. The van der Waals surface area contributed by atoms with Gasteiger partial charge in [-0.15, -0.1) is 0 Å². The molecule has 3 nitrogen and oxygen atoms in total. The Morgan fingerprint density at radius 3 is 2.00 bits per heavy atom. The zero-order chi connectivity index (χ0) is 13.1. The summed E-state index contributed by atoms with van der Waals surface area (Å²) >= 11 is 0. The molecule has 0 aliphatic heterocycles. The molecular weight excluding hydrogens is 207 g/mol. The summed E-state index contributed by atoms with van der Waals surface area (Å²) in [7, 11) is 0. The average Bonchev–Trinajstić information content (AvgIpc) is 2.31. The Hall–Kier alpha value is -1.19. The molecule has 0 aliphatic rings. The molecule has 1 aromatic rings. The summed E-state index contributed by atoms with van der Waals surface area (Å²) in [5, 5.41) is 0. The molecule has 0 aliphatic carbocycles. The highest BCUT2D eigenvalue weighted by molar-refractivity contribution is 5.18. The Kier molecular flexibility index (Phi) is 11.1. The van der Waals surface area contributed by atoms with Crippen LogP contribution in [-0.2, 0) is 0 Å². The normalized spacial score (nSPS) is 8.25. The molecule has 0 unspecified atom stereocenters. The number of hydrogen-bond donors (Lipinski definition) is 0. The van der Waals surface area contributed by atoms with Gasteiger partial charge in [-0.05, 0) is 20.8 Å². The summed E-state index contributed by atoms with van der Waals surface area (Å²) < 4.78 is 18.1. The second-order valence-corrected chi connectivity index (χ2v) is 2.41. The van der Waals surface area contributed by atoms with Gasteiger partial charge in [0, 0.05) is 0 Å². The predicted octanol–water partition coefficient (Wildman–Crippen LogP) is 3.68. The molecule has 0 radical (unpaired) electrons. The van der Waals surface area contributed by atoms with E-state index >= 15 is 0 Å². The molecule has 0 aromatic carbocycles. The predicted molar refractivity (Wildman–Crippen MR) is 65.3 cm³/mol. The SMILES string of the molecule is CC.CC.CCOc1nc(C)nc(C)c1F. The van der Waals surface area contributed by atoms with Gasteiger partial charge < -0.3 is 4.74 Å². The molecular formula is C12H23FN2O. The van der Waals surface area contributed by atoms with Gasteiger partial charge in [0.2, 0.25) is 5.82 Å². The first kappa shape index (κ1) is 17.2. The Balaban J connectivity index is 0. The van der Waals surface area contributed by atoms with Crippen molar-refractivity contribution in [1.29, 1.82) is 0 Å². The van der Waals surface area contributed by atoms with Gasteiger partial charge in [0.15, 0.2) is 0 Å². The summed E-state index contributed by atoms with van der Waals surface area (Å²) in [6.45, 7) is 13.5. The van der Waals surface area contributed by atoms with Crippen LogP contribution in [0.3, 0.4) is 0 Å². The van der Waals surface area contributed by atoms with Crippen LogP contribution in [0.25, 0.3) is 0 Å². The third-order valence-corrected chi connectivity index (χ3v) is 1.38. The number of nitrogens with zero attached hydrogens (tertiary/aromatic N) is 2. The van der Waals surface area contributed by atoms with Crippen molar-refractivity contribution < 1.29 is 9.13 Å². The van der Waals surface area contributed by atoms with Crippen LogP contribution in [-0.4, -0.2) is 16.6 Å². The third kappa shape index (κ3) is 5.63. The second kappa shape index (κ2) is 10.3. The van der Waals surface area contributed by atoms with Crippen LogP contribution in [0.2, 0.25) is 0 Å². The van der Waals surface area contributed by atoms with Crippen LogP contribution in [0, 0.1) is 19.7 Å². The van der Waals surface area contributed by atoms with Gasteiger partial charge in [-0.3, -0.25) is 0 Å². The topological polar surface area (TPSA) is 35.0 Å². The number of aryl methyl sites for hydroxylation is 2. The number of rotatable bonds is 2. The van der Waals surface area contributed by atoms with Crippen LogP contribution in [0.4, 0.5) is 4.39 Å². The minimum atomic E-state index is -0.470. The number of aromatic nitrogens is 2. The molecule has 0 spiro atoms. The average molecular weight is 230 g/mol. The van der Waals surface area contributed by atoms with E-state index in [4.69, 9.17) is 4.74 Å². The van der Waals surface area contributed by atoms with Crippen molar-refractivity contribution in [3.8, 4) is 5.88 Å². The monoisotopic (exact) mass is 230 g/mol. The summed E-state index contributed by atoms with van der Waals surface area (Å²) in [4.78, 5) is 7.66. The quantitative estimate of drug-likeness (QED) is 0.777. The molecule has 4 heteroatoms. The van der Waals surface area contributed by atoms with E-state index in [1.54, 1.807) is 20.8 Å². The van der Waals surface area contributed by atoms with Crippen molar-refractivity contribution >= 4 is 0 Å². The summed E-state index contributed by atoms with van der Waals surface area (Å²) in [5.41, 5.74) is 0.325. The molecule has 0 amide bonds. The van der Waals surface area contributed by atoms with E-state index in [0.29, 0.717) is 18.1 Å². The maximum Gasteiger partial charge on any atom is 0.254 e. The standard InChI is InChI=1S/C8H11FN2O.2C2H6/c1-4-12-8-7(9)5(2)10-6(3)11-8;2*1-2/h4H2,1-3H3;2*1-2H3. The summed E-state index contributed by atoms with van der Waals surface area (Å²) in [6, 6.07) is 0. The summed E-state index contributed by atoms with van der Waals surface area (Å²) in [6.07, 6.45) is 0. The highest BCUT2D eigenvalue weighted by atomic mass is 19.1. The van der Waals surface area contributed by atoms with Gasteiger partial charge in [-0.25, -0.2) is 4.98 Å². The molecule has 0 saturated heterocycles. The molecule has 0 fully saturated rings. The van der Waals surface area contributed by atoms with E-state index in [2.05, 4.69) is 9.97 Å². The van der Waals surface area contributed by atoms with Gasteiger partial charge >= 0.3 is 0 Å². The zero-order valence-corrected chi connectivity index (χ0v) is 11.4. The molecule has 94 valence electrons. The van der Waals surface area contributed by atoms with Crippen molar-refractivity contribution in [3.05, 3.63) is 17.3 Å². The number of halogens is 1. The molecule has 0 N–H and O–H groups in total. The van der Waals surface area contributed by atoms with E-state index in [-0.39, 0.29) is 5.88 Å². The third-order valence-electron chi connectivity index (χ3n) is 1.38. The fourth-order valence-electron chi connectivity index (χ4n) is 0.900. The Morgan fingerprint density at radius 1 is 1.06 bits per heavy atom. The molecule has 1 rings (SSSR count). The van der Waals surface area contributed by atoms with Gasteiger partial charge in [-0.1, -0.05) is 27.7 Å². The lowest BCUT2D eigenvalue weighted by molar-refractivity contribution is 0.304. The maximum absolute atomic E-state index is 13.1. The van der Waals surface area contributed by atoms with Crippen molar-refractivity contribution in [2.24, 2.45) is 0 Å². The van der Waals surface area contributed by atoms with Gasteiger partial charge in [0.25, 0.3) is 5.88 Å². The van der Waals surface area contributed by atoms with Crippen LogP contribution >= 0.6 is 0 Å². The first-order chi connectivity index (χ1) is 7.65. The lowest BCUT2D eigenvalue weighted by Gasteiger charge is -2.05. The van der Waals surface area contributed by atoms with E-state index in [1.165, 1.54) is 0 Å². The van der Waals surface area contributed by atoms with E-state index in [1.807, 2.05) is 27.7 Å². The fourth-order valence-corrected chi connectivity index (χ4v) is 0.900. The van der Waals surface area contributed by atoms with Crippen molar-refractivity contribution in [2.75, 3.05) is 6.61 Å². The van der Waals surface area contributed by atoms with Crippen molar-refractivity contribution in [3.63, 3.8) is 0 Å². The minimum absolute atomic E-state index is 0.0440. The van der Waals surface area contributed by atoms with Crippen molar-refractivity contribution in [1.82, 2.24) is 9.97 Å². The van der Waals surface area contributed by atoms with Crippen LogP contribution < -0.4 is 4.74 Å². The lowest BCUT2D eigenvalue weighted by atomic mass is 10.4. The largest absolute Gasteiger partial charge is 0.476 e. The molecule has 1 aromatic heterocycles. The van der Waals surface area contributed by atoms with Crippen LogP contribution in [0.5, 0.6) is 5.88 Å². The Labute approximate surface area is 98.1 Å². The fraction of sp³-hybridized carbons (Fsp3) is 0.667. The molecule has 16 heavy (non-hydrogen) atoms. The minimum Gasteiger partial charge on any atom is -0.476 e.